The van der Waals surface area contributed by atoms with Crippen LogP contribution in [0.5, 0.6) is 0 Å². The average Bonchev–Trinajstić information content (AvgIpc) is 3.25. The van der Waals surface area contributed by atoms with Crippen molar-refractivity contribution < 1.29 is 4.84 Å². The minimum absolute atomic E-state index is 0.338. The number of benzene rings is 2. The van der Waals surface area contributed by atoms with Crippen LogP contribution in [0.3, 0.4) is 0 Å². The second kappa shape index (κ2) is 7.03. The lowest BCUT2D eigenvalue weighted by Crippen LogP contribution is -2.41. The molecule has 2 heterocycles. The fourth-order valence-electron chi connectivity index (χ4n) is 4.30. The van der Waals surface area contributed by atoms with Gasteiger partial charge >= 0.3 is 0 Å². The topological polar surface area (TPSA) is 30.3 Å². The standard InChI is InChI=1S/C23H26ClN3O/c1-17-5-7-19(8-6-17)22(3)14-23(26(4)28-22,15-27-12-11-25-16-27)20-9-10-21(24)18(2)13-20/h5-13,16H,14-15H2,1-4H3. The van der Waals surface area contributed by atoms with Crippen LogP contribution in [0.1, 0.15) is 35.6 Å². The summed E-state index contributed by atoms with van der Waals surface area (Å²) in [6.45, 7) is 7.07. The fourth-order valence-corrected chi connectivity index (χ4v) is 4.42. The van der Waals surface area contributed by atoms with Gasteiger partial charge in [-0.15, -0.1) is 0 Å². The zero-order valence-corrected chi connectivity index (χ0v) is 17.6. The van der Waals surface area contributed by atoms with Crippen molar-refractivity contribution in [3.05, 3.63) is 88.5 Å². The predicted molar refractivity (Wildman–Crippen MR) is 112 cm³/mol. The van der Waals surface area contributed by atoms with Crippen molar-refractivity contribution in [3.8, 4) is 0 Å². The van der Waals surface area contributed by atoms with E-state index in [1.807, 2.05) is 43.8 Å². The number of hydroxylamine groups is 2. The van der Waals surface area contributed by atoms with Crippen LogP contribution in [-0.2, 0) is 22.5 Å². The van der Waals surface area contributed by atoms with Crippen LogP contribution in [0.4, 0.5) is 0 Å². The van der Waals surface area contributed by atoms with Crippen LogP contribution in [0.2, 0.25) is 5.02 Å². The van der Waals surface area contributed by atoms with Crippen molar-refractivity contribution in [1.82, 2.24) is 14.6 Å². The molecule has 1 saturated heterocycles. The van der Waals surface area contributed by atoms with Crippen molar-refractivity contribution in [1.29, 1.82) is 0 Å². The highest BCUT2D eigenvalue weighted by molar-refractivity contribution is 6.31. The molecule has 1 aliphatic rings. The van der Waals surface area contributed by atoms with E-state index in [1.165, 1.54) is 16.7 Å². The van der Waals surface area contributed by atoms with Gasteiger partial charge in [-0.1, -0.05) is 53.6 Å². The maximum Gasteiger partial charge on any atom is 0.114 e. The van der Waals surface area contributed by atoms with E-state index in [0.29, 0.717) is 0 Å². The Morgan fingerprint density at radius 3 is 2.46 bits per heavy atom. The van der Waals surface area contributed by atoms with E-state index in [2.05, 4.69) is 59.8 Å². The van der Waals surface area contributed by atoms with Crippen LogP contribution >= 0.6 is 11.6 Å². The molecule has 0 radical (unpaired) electrons. The fraction of sp³-hybridized carbons (Fsp3) is 0.348. The number of hydrogen-bond donors (Lipinski definition) is 0. The van der Waals surface area contributed by atoms with Crippen molar-refractivity contribution in [3.63, 3.8) is 0 Å². The number of nitrogens with zero attached hydrogens (tertiary/aromatic N) is 3. The first-order valence-corrected chi connectivity index (χ1v) is 9.93. The molecular weight excluding hydrogens is 370 g/mol. The summed E-state index contributed by atoms with van der Waals surface area (Å²) in [5.74, 6) is 0. The molecular formula is C23H26ClN3O. The minimum Gasteiger partial charge on any atom is -0.335 e. The quantitative estimate of drug-likeness (QED) is 0.605. The zero-order chi connectivity index (χ0) is 19.9. The summed E-state index contributed by atoms with van der Waals surface area (Å²) in [5.41, 5.74) is 3.94. The van der Waals surface area contributed by atoms with Gasteiger partial charge in [0.1, 0.15) is 5.60 Å². The summed E-state index contributed by atoms with van der Waals surface area (Å²) in [4.78, 5) is 10.8. The molecule has 5 heteroatoms. The molecule has 2 atom stereocenters. The lowest BCUT2D eigenvalue weighted by molar-refractivity contribution is -0.209. The third-order valence-corrected chi connectivity index (χ3v) is 6.36. The van der Waals surface area contributed by atoms with Gasteiger partial charge < -0.3 is 4.57 Å². The Morgan fingerprint density at radius 1 is 1.11 bits per heavy atom. The number of aryl methyl sites for hydroxylation is 2. The molecule has 0 N–H and O–H groups in total. The highest BCUT2D eigenvalue weighted by atomic mass is 35.5. The summed E-state index contributed by atoms with van der Waals surface area (Å²) >= 11 is 6.32. The van der Waals surface area contributed by atoms with Crippen molar-refractivity contribution in [2.75, 3.05) is 7.05 Å². The lowest BCUT2D eigenvalue weighted by atomic mass is 9.78. The van der Waals surface area contributed by atoms with E-state index in [0.717, 1.165) is 23.6 Å². The number of halogens is 1. The van der Waals surface area contributed by atoms with E-state index in [9.17, 15) is 0 Å². The van der Waals surface area contributed by atoms with Gasteiger partial charge in [-0.3, -0.25) is 4.84 Å². The van der Waals surface area contributed by atoms with Gasteiger partial charge in [0.05, 0.1) is 11.9 Å². The summed E-state index contributed by atoms with van der Waals surface area (Å²) < 4.78 is 2.12. The van der Waals surface area contributed by atoms with Crippen molar-refractivity contribution in [2.45, 2.75) is 44.9 Å². The Morgan fingerprint density at radius 2 is 1.82 bits per heavy atom. The molecule has 0 saturated carbocycles. The Balaban J connectivity index is 1.81. The Kier molecular flexibility index (Phi) is 4.82. The van der Waals surface area contributed by atoms with Gasteiger partial charge in [-0.05, 0) is 43.5 Å². The highest BCUT2D eigenvalue weighted by Gasteiger charge is 2.53. The summed E-state index contributed by atoms with van der Waals surface area (Å²) in [5, 5.41) is 2.81. The first kappa shape index (κ1) is 19.2. The number of imidazole rings is 1. The second-order valence-corrected chi connectivity index (χ2v) is 8.50. The smallest absolute Gasteiger partial charge is 0.114 e. The largest absolute Gasteiger partial charge is 0.335 e. The molecule has 1 aromatic heterocycles. The third kappa shape index (κ3) is 3.26. The zero-order valence-electron chi connectivity index (χ0n) is 16.8. The van der Waals surface area contributed by atoms with Gasteiger partial charge in [0.25, 0.3) is 0 Å². The molecule has 0 bridgehead atoms. The Labute approximate surface area is 171 Å². The maximum absolute atomic E-state index is 6.53. The molecule has 2 unspecified atom stereocenters. The average molecular weight is 396 g/mol. The molecule has 4 rings (SSSR count). The Hall–Kier alpha value is -2.14. The van der Waals surface area contributed by atoms with Crippen LogP contribution in [-0.4, -0.2) is 21.7 Å². The van der Waals surface area contributed by atoms with Gasteiger partial charge in [0, 0.05) is 37.4 Å². The first-order valence-electron chi connectivity index (χ1n) is 9.55. The van der Waals surface area contributed by atoms with E-state index < -0.39 is 5.60 Å². The number of aromatic nitrogens is 2. The van der Waals surface area contributed by atoms with Crippen LogP contribution in [0, 0.1) is 13.8 Å². The summed E-state index contributed by atoms with van der Waals surface area (Å²) in [7, 11) is 2.03. The Bertz CT molecular complexity index is 970. The SMILES string of the molecule is Cc1ccc(C2(C)CC(Cn3ccnc3)(c3ccc(Cl)c(C)c3)N(C)O2)cc1. The van der Waals surface area contributed by atoms with E-state index in [-0.39, 0.29) is 5.54 Å². The molecule has 2 aromatic carbocycles. The number of likely N-dealkylation sites (N-methyl/N-ethyl adjacent to an activating group) is 1. The number of rotatable bonds is 4. The minimum atomic E-state index is -0.420. The van der Waals surface area contributed by atoms with Crippen LogP contribution in [0.15, 0.2) is 61.2 Å². The van der Waals surface area contributed by atoms with E-state index in [1.54, 1.807) is 0 Å². The van der Waals surface area contributed by atoms with Crippen LogP contribution in [0.25, 0.3) is 0 Å². The maximum atomic E-state index is 6.53. The van der Waals surface area contributed by atoms with Gasteiger partial charge in [-0.25, -0.2) is 4.98 Å². The van der Waals surface area contributed by atoms with Gasteiger partial charge in [-0.2, -0.15) is 5.06 Å². The van der Waals surface area contributed by atoms with Crippen molar-refractivity contribution >= 4 is 11.6 Å². The number of hydrogen-bond acceptors (Lipinski definition) is 3. The first-order chi connectivity index (χ1) is 13.3. The monoisotopic (exact) mass is 395 g/mol. The van der Waals surface area contributed by atoms with E-state index in [4.69, 9.17) is 16.4 Å². The molecule has 3 aromatic rings. The lowest BCUT2D eigenvalue weighted by Gasteiger charge is -2.35. The highest BCUT2D eigenvalue weighted by Crippen LogP contribution is 2.50. The normalized spacial score (nSPS) is 25.3. The van der Waals surface area contributed by atoms with Gasteiger partial charge in [0.2, 0.25) is 0 Å². The molecule has 28 heavy (non-hydrogen) atoms. The second-order valence-electron chi connectivity index (χ2n) is 8.09. The molecule has 0 aliphatic carbocycles. The van der Waals surface area contributed by atoms with Crippen LogP contribution < -0.4 is 0 Å². The molecule has 146 valence electrons. The van der Waals surface area contributed by atoms with Crippen molar-refractivity contribution in [2.24, 2.45) is 0 Å². The van der Waals surface area contributed by atoms with E-state index >= 15 is 0 Å². The summed E-state index contributed by atoms with van der Waals surface area (Å²) in [6.07, 6.45) is 6.49. The molecule has 0 spiro atoms. The summed E-state index contributed by atoms with van der Waals surface area (Å²) in [6, 6.07) is 14.9. The molecule has 1 fully saturated rings. The third-order valence-electron chi connectivity index (χ3n) is 5.93. The molecule has 0 amide bonds. The predicted octanol–water partition coefficient (Wildman–Crippen LogP) is 5.23. The molecule has 1 aliphatic heterocycles. The molecule has 4 nitrogen and oxygen atoms in total. The van der Waals surface area contributed by atoms with Gasteiger partial charge in [0.15, 0.2) is 0 Å².